The smallest absolute Gasteiger partial charge is 0.120 e. The van der Waals surface area contributed by atoms with Crippen LogP contribution < -0.4 is 0 Å². The molecule has 0 bridgehead atoms. The highest BCUT2D eigenvalue weighted by atomic mass is 14.6. The summed E-state index contributed by atoms with van der Waals surface area (Å²) in [6, 6.07) is 6.29. The SMILES string of the molecule is C#Cc1[c]cccn1. The third kappa shape index (κ3) is 0.855. The maximum absolute atomic E-state index is 5.01. The molecule has 8 heavy (non-hydrogen) atoms. The summed E-state index contributed by atoms with van der Waals surface area (Å²) in [7, 11) is 0. The zero-order chi connectivity index (χ0) is 5.82. The average molecular weight is 102 g/mol. The fourth-order valence-corrected chi connectivity index (χ4v) is 0.404. The van der Waals surface area contributed by atoms with E-state index in [2.05, 4.69) is 17.0 Å². The molecule has 37 valence electrons. The molecule has 1 heteroatoms. The monoisotopic (exact) mass is 102 g/mol. The van der Waals surface area contributed by atoms with E-state index >= 15 is 0 Å². The Bertz CT molecular complexity index is 195. The fourth-order valence-electron chi connectivity index (χ4n) is 0.404. The summed E-state index contributed by atoms with van der Waals surface area (Å²) in [5, 5.41) is 0. The van der Waals surface area contributed by atoms with Crippen LogP contribution in [0.2, 0.25) is 0 Å². The first-order valence-electron chi connectivity index (χ1n) is 2.23. The van der Waals surface area contributed by atoms with E-state index in [1.54, 1.807) is 18.3 Å². The lowest BCUT2D eigenvalue weighted by molar-refractivity contribution is 1.28. The van der Waals surface area contributed by atoms with Crippen LogP contribution in [0.15, 0.2) is 18.3 Å². The van der Waals surface area contributed by atoms with E-state index in [0.717, 1.165) is 0 Å². The van der Waals surface area contributed by atoms with E-state index in [9.17, 15) is 0 Å². The van der Waals surface area contributed by atoms with E-state index in [4.69, 9.17) is 6.42 Å². The van der Waals surface area contributed by atoms with Crippen molar-refractivity contribution in [3.63, 3.8) is 0 Å². The van der Waals surface area contributed by atoms with Gasteiger partial charge >= 0.3 is 0 Å². The van der Waals surface area contributed by atoms with Gasteiger partial charge in [-0.15, -0.1) is 6.42 Å². The van der Waals surface area contributed by atoms with Crippen LogP contribution in [-0.4, -0.2) is 4.98 Å². The summed E-state index contributed by atoms with van der Waals surface area (Å²) in [5.41, 5.74) is 0.563. The van der Waals surface area contributed by atoms with Crippen LogP contribution in [0, 0.1) is 18.4 Å². The Labute approximate surface area is 48.4 Å². The van der Waals surface area contributed by atoms with Gasteiger partial charge in [-0.2, -0.15) is 0 Å². The minimum atomic E-state index is 0.563. The van der Waals surface area contributed by atoms with E-state index in [-0.39, 0.29) is 0 Å². The zero-order valence-electron chi connectivity index (χ0n) is 4.26. The average Bonchev–Trinajstić information content (AvgIpc) is 1.90. The Balaban J connectivity index is 3.05. The molecule has 0 aliphatic rings. The number of hydrogen-bond donors (Lipinski definition) is 0. The van der Waals surface area contributed by atoms with E-state index in [1.165, 1.54) is 0 Å². The molecule has 1 nitrogen and oxygen atoms in total. The van der Waals surface area contributed by atoms with E-state index in [0.29, 0.717) is 5.69 Å². The molecule has 0 N–H and O–H groups in total. The zero-order valence-corrected chi connectivity index (χ0v) is 4.26. The van der Waals surface area contributed by atoms with E-state index in [1.807, 2.05) is 0 Å². The van der Waals surface area contributed by atoms with Crippen molar-refractivity contribution in [2.45, 2.75) is 0 Å². The summed E-state index contributed by atoms with van der Waals surface area (Å²) in [4.78, 5) is 3.81. The highest BCUT2D eigenvalue weighted by Gasteiger charge is 1.79. The molecule has 0 spiro atoms. The van der Waals surface area contributed by atoms with Crippen molar-refractivity contribution < 1.29 is 0 Å². The molecule has 0 amide bonds. The number of hydrogen-bond acceptors (Lipinski definition) is 1. The minimum Gasteiger partial charge on any atom is -0.247 e. The van der Waals surface area contributed by atoms with Gasteiger partial charge < -0.3 is 0 Å². The molecule has 0 aromatic carbocycles. The number of rotatable bonds is 0. The van der Waals surface area contributed by atoms with Crippen LogP contribution in [0.5, 0.6) is 0 Å². The molecule has 0 atom stereocenters. The number of terminal acetylenes is 1. The van der Waals surface area contributed by atoms with Gasteiger partial charge in [-0.25, -0.2) is 4.98 Å². The van der Waals surface area contributed by atoms with Crippen molar-refractivity contribution in [3.05, 3.63) is 30.1 Å². The molecular weight excluding hydrogens is 98.1 g/mol. The second-order valence-electron chi connectivity index (χ2n) is 1.27. The van der Waals surface area contributed by atoms with Gasteiger partial charge in [0.1, 0.15) is 5.69 Å². The normalized spacial score (nSPS) is 7.88. The van der Waals surface area contributed by atoms with Crippen LogP contribution in [0.1, 0.15) is 5.69 Å². The molecule has 1 radical (unpaired) electrons. The van der Waals surface area contributed by atoms with Crippen LogP contribution in [0.25, 0.3) is 0 Å². The van der Waals surface area contributed by atoms with Crippen molar-refractivity contribution in [1.82, 2.24) is 4.98 Å². The predicted molar refractivity (Wildman–Crippen MR) is 31.0 cm³/mol. The molecule has 0 saturated heterocycles. The standard InChI is InChI=1S/C7H4N/c1-2-7-5-3-4-6-8-7/h1,3-4,6H. The molecular formula is C7H4N. The van der Waals surface area contributed by atoms with Gasteiger partial charge in [-0.3, -0.25) is 0 Å². The van der Waals surface area contributed by atoms with Gasteiger partial charge in [0.05, 0.1) is 0 Å². The molecule has 0 aliphatic carbocycles. The minimum absolute atomic E-state index is 0.563. The van der Waals surface area contributed by atoms with Crippen molar-refractivity contribution in [2.75, 3.05) is 0 Å². The maximum Gasteiger partial charge on any atom is 0.120 e. The summed E-state index contributed by atoms with van der Waals surface area (Å²) in [6.45, 7) is 0. The summed E-state index contributed by atoms with van der Waals surface area (Å²) in [5.74, 6) is 2.36. The third-order valence-corrected chi connectivity index (χ3v) is 0.743. The van der Waals surface area contributed by atoms with E-state index < -0.39 is 0 Å². The fraction of sp³-hybridized carbons (Fsp3) is 0. The number of aromatic nitrogens is 1. The molecule has 0 saturated carbocycles. The summed E-state index contributed by atoms with van der Waals surface area (Å²) >= 11 is 0. The molecule has 1 heterocycles. The van der Waals surface area contributed by atoms with Crippen LogP contribution >= 0.6 is 0 Å². The van der Waals surface area contributed by atoms with Crippen molar-refractivity contribution >= 4 is 0 Å². The number of pyridine rings is 1. The first kappa shape index (κ1) is 4.86. The molecule has 0 fully saturated rings. The third-order valence-electron chi connectivity index (χ3n) is 0.743. The van der Waals surface area contributed by atoms with Crippen molar-refractivity contribution in [3.8, 4) is 12.3 Å². The summed E-state index contributed by atoms with van der Waals surface area (Å²) in [6.07, 6.45) is 6.65. The Morgan fingerprint density at radius 3 is 3.00 bits per heavy atom. The second-order valence-corrected chi connectivity index (χ2v) is 1.27. The Morgan fingerprint density at radius 2 is 2.62 bits per heavy atom. The largest absolute Gasteiger partial charge is 0.247 e. The lowest BCUT2D eigenvalue weighted by Gasteiger charge is -1.80. The highest BCUT2D eigenvalue weighted by Crippen LogP contribution is 1.85. The molecule has 0 aliphatic heterocycles. The van der Waals surface area contributed by atoms with Crippen LogP contribution in [0.3, 0.4) is 0 Å². The Morgan fingerprint density at radius 1 is 1.75 bits per heavy atom. The second kappa shape index (κ2) is 2.13. The Hall–Kier alpha value is -1.29. The van der Waals surface area contributed by atoms with Crippen LogP contribution in [-0.2, 0) is 0 Å². The number of nitrogens with zero attached hydrogens (tertiary/aromatic N) is 1. The van der Waals surface area contributed by atoms with Gasteiger partial charge in [0.2, 0.25) is 0 Å². The molecule has 1 aromatic heterocycles. The van der Waals surface area contributed by atoms with Crippen molar-refractivity contribution in [1.29, 1.82) is 0 Å². The van der Waals surface area contributed by atoms with Gasteiger partial charge in [0.25, 0.3) is 0 Å². The summed E-state index contributed by atoms with van der Waals surface area (Å²) < 4.78 is 0. The highest BCUT2D eigenvalue weighted by molar-refractivity contribution is 5.21. The van der Waals surface area contributed by atoms with Gasteiger partial charge in [-0.1, -0.05) is 0 Å². The Kier molecular flexibility index (Phi) is 1.29. The first-order chi connectivity index (χ1) is 3.93. The lowest BCUT2D eigenvalue weighted by atomic mass is 10.4. The quantitative estimate of drug-likeness (QED) is 0.443. The molecule has 1 rings (SSSR count). The predicted octanol–water partition coefficient (Wildman–Crippen LogP) is 0.863. The van der Waals surface area contributed by atoms with Gasteiger partial charge in [0.15, 0.2) is 0 Å². The topological polar surface area (TPSA) is 12.9 Å². The maximum atomic E-state index is 5.01. The van der Waals surface area contributed by atoms with Crippen LogP contribution in [0.4, 0.5) is 0 Å². The van der Waals surface area contributed by atoms with Crippen molar-refractivity contribution in [2.24, 2.45) is 0 Å². The molecule has 0 unspecified atom stereocenters. The molecule has 1 aromatic rings. The van der Waals surface area contributed by atoms with Gasteiger partial charge in [0, 0.05) is 12.3 Å². The lowest BCUT2D eigenvalue weighted by Crippen LogP contribution is -1.76. The first-order valence-corrected chi connectivity index (χ1v) is 2.23. The van der Waals surface area contributed by atoms with Gasteiger partial charge in [-0.05, 0) is 18.1 Å².